The van der Waals surface area contributed by atoms with Crippen molar-refractivity contribution in [3.05, 3.63) is 0 Å². The van der Waals surface area contributed by atoms with Gasteiger partial charge in [-0.25, -0.2) is 0 Å². The van der Waals surface area contributed by atoms with Crippen molar-refractivity contribution in [1.29, 1.82) is 0 Å². The lowest BCUT2D eigenvalue weighted by atomic mass is 9.69. The van der Waals surface area contributed by atoms with Crippen LogP contribution in [0.1, 0.15) is 57.8 Å². The Kier molecular flexibility index (Phi) is 2.17. The third kappa shape index (κ3) is 1.45. The summed E-state index contributed by atoms with van der Waals surface area (Å²) in [5, 5.41) is 0. The van der Waals surface area contributed by atoms with Crippen LogP contribution in [-0.4, -0.2) is 18.0 Å². The van der Waals surface area contributed by atoms with Crippen LogP contribution in [0.3, 0.4) is 0 Å². The highest BCUT2D eigenvalue weighted by molar-refractivity contribution is 5.86. The van der Waals surface area contributed by atoms with Gasteiger partial charge in [-0.3, -0.25) is 4.79 Å². The van der Waals surface area contributed by atoms with Crippen molar-refractivity contribution in [2.24, 2.45) is 5.41 Å². The molecule has 2 aliphatic carbocycles. The van der Waals surface area contributed by atoms with Gasteiger partial charge >= 0.3 is 0 Å². The fourth-order valence-corrected chi connectivity index (χ4v) is 3.84. The number of ether oxygens (including phenoxy) is 1. The summed E-state index contributed by atoms with van der Waals surface area (Å²) in [4.78, 5) is 12.1. The van der Waals surface area contributed by atoms with Crippen molar-refractivity contribution >= 4 is 5.78 Å². The molecule has 0 aromatic carbocycles. The third-order valence-corrected chi connectivity index (χ3v) is 4.73. The van der Waals surface area contributed by atoms with E-state index in [2.05, 4.69) is 0 Å². The largest absolute Gasteiger partial charge is 0.374 e. The van der Waals surface area contributed by atoms with Crippen molar-refractivity contribution in [3.63, 3.8) is 0 Å². The van der Waals surface area contributed by atoms with Crippen molar-refractivity contribution in [3.8, 4) is 0 Å². The highest BCUT2D eigenvalue weighted by atomic mass is 16.5. The fourth-order valence-electron chi connectivity index (χ4n) is 3.84. The van der Waals surface area contributed by atoms with Crippen LogP contribution in [0, 0.1) is 5.41 Å². The van der Waals surface area contributed by atoms with Crippen LogP contribution in [0.15, 0.2) is 0 Å². The van der Waals surface area contributed by atoms with Gasteiger partial charge in [0, 0.05) is 6.42 Å². The minimum Gasteiger partial charge on any atom is -0.374 e. The second-order valence-electron chi connectivity index (χ2n) is 5.77. The molecule has 1 heterocycles. The Morgan fingerprint density at radius 2 is 1.73 bits per heavy atom. The van der Waals surface area contributed by atoms with Crippen LogP contribution in [-0.2, 0) is 9.53 Å². The van der Waals surface area contributed by atoms with Crippen molar-refractivity contribution in [2.45, 2.75) is 63.4 Å². The molecule has 0 amide bonds. The Bertz CT molecular complexity index is 278. The van der Waals surface area contributed by atoms with Gasteiger partial charge in [0.15, 0.2) is 0 Å². The molecule has 3 aliphatic rings. The standard InChI is InChI=1S/C13H20O2/c14-11-5-1-2-6-12(11)9-13(15-10-12)7-3-4-8-13/h1-10H2. The van der Waals surface area contributed by atoms with Gasteiger partial charge in [-0.1, -0.05) is 19.3 Å². The summed E-state index contributed by atoms with van der Waals surface area (Å²) < 4.78 is 6.04. The number of hydrogen-bond acceptors (Lipinski definition) is 2. The number of carbonyl (C=O) groups excluding carboxylic acids is 1. The average Bonchev–Trinajstić information content (AvgIpc) is 2.83. The summed E-state index contributed by atoms with van der Waals surface area (Å²) in [7, 11) is 0. The molecule has 1 saturated heterocycles. The van der Waals surface area contributed by atoms with Crippen LogP contribution in [0.5, 0.6) is 0 Å². The Hall–Kier alpha value is -0.370. The van der Waals surface area contributed by atoms with Gasteiger partial charge in [-0.15, -0.1) is 0 Å². The highest BCUT2D eigenvalue weighted by Crippen LogP contribution is 2.52. The lowest BCUT2D eigenvalue weighted by Gasteiger charge is -2.31. The molecule has 0 aromatic heterocycles. The maximum absolute atomic E-state index is 12.1. The van der Waals surface area contributed by atoms with Gasteiger partial charge in [-0.05, 0) is 32.1 Å². The van der Waals surface area contributed by atoms with E-state index in [-0.39, 0.29) is 11.0 Å². The molecule has 0 bridgehead atoms. The Labute approximate surface area is 91.4 Å². The number of carbonyl (C=O) groups is 1. The first-order chi connectivity index (χ1) is 7.25. The fraction of sp³-hybridized carbons (Fsp3) is 0.923. The molecule has 2 spiro atoms. The van der Waals surface area contributed by atoms with Gasteiger partial charge in [-0.2, -0.15) is 0 Å². The zero-order chi connectivity index (χ0) is 10.4. The SMILES string of the molecule is O=C1CCCCC12COC1(CCCC1)C2. The van der Waals surface area contributed by atoms with E-state index in [4.69, 9.17) is 4.74 Å². The molecule has 0 N–H and O–H groups in total. The summed E-state index contributed by atoms with van der Waals surface area (Å²) in [6, 6.07) is 0. The minimum absolute atomic E-state index is 0.0530. The molecule has 84 valence electrons. The van der Waals surface area contributed by atoms with Crippen molar-refractivity contribution < 1.29 is 9.53 Å². The Balaban J connectivity index is 1.80. The first-order valence-electron chi connectivity index (χ1n) is 6.42. The number of hydrogen-bond donors (Lipinski definition) is 0. The van der Waals surface area contributed by atoms with E-state index < -0.39 is 0 Å². The first kappa shape index (κ1) is 9.83. The van der Waals surface area contributed by atoms with E-state index in [1.807, 2.05) is 0 Å². The molecule has 2 heteroatoms. The van der Waals surface area contributed by atoms with E-state index in [0.29, 0.717) is 5.78 Å². The average molecular weight is 208 g/mol. The van der Waals surface area contributed by atoms with Gasteiger partial charge in [0.05, 0.1) is 17.6 Å². The van der Waals surface area contributed by atoms with Crippen LogP contribution in [0.4, 0.5) is 0 Å². The molecule has 2 saturated carbocycles. The van der Waals surface area contributed by atoms with Gasteiger partial charge < -0.3 is 4.74 Å². The van der Waals surface area contributed by atoms with Crippen LogP contribution < -0.4 is 0 Å². The molecule has 15 heavy (non-hydrogen) atoms. The topological polar surface area (TPSA) is 26.3 Å². The van der Waals surface area contributed by atoms with Crippen LogP contribution in [0.2, 0.25) is 0 Å². The van der Waals surface area contributed by atoms with E-state index in [0.717, 1.165) is 32.3 Å². The maximum atomic E-state index is 12.1. The molecular weight excluding hydrogens is 188 g/mol. The van der Waals surface area contributed by atoms with Gasteiger partial charge in [0.25, 0.3) is 0 Å². The second kappa shape index (κ2) is 3.31. The highest BCUT2D eigenvalue weighted by Gasteiger charge is 2.54. The molecule has 2 nitrogen and oxygen atoms in total. The maximum Gasteiger partial charge on any atom is 0.141 e. The van der Waals surface area contributed by atoms with Crippen LogP contribution in [0.25, 0.3) is 0 Å². The summed E-state index contributed by atoms with van der Waals surface area (Å²) in [5.74, 6) is 0.498. The molecule has 1 aliphatic heterocycles. The molecule has 3 fully saturated rings. The minimum atomic E-state index is -0.0530. The predicted molar refractivity (Wildman–Crippen MR) is 57.7 cm³/mol. The van der Waals surface area contributed by atoms with E-state index >= 15 is 0 Å². The Morgan fingerprint density at radius 3 is 2.47 bits per heavy atom. The zero-order valence-electron chi connectivity index (χ0n) is 9.39. The first-order valence-corrected chi connectivity index (χ1v) is 6.42. The molecule has 0 radical (unpaired) electrons. The number of rotatable bonds is 0. The van der Waals surface area contributed by atoms with Crippen LogP contribution >= 0.6 is 0 Å². The summed E-state index contributed by atoms with van der Waals surface area (Å²) in [5.41, 5.74) is 0.0651. The monoisotopic (exact) mass is 208 g/mol. The van der Waals surface area contributed by atoms with Gasteiger partial charge in [0.2, 0.25) is 0 Å². The summed E-state index contributed by atoms with van der Waals surface area (Å²) >= 11 is 0. The number of ketones is 1. The van der Waals surface area contributed by atoms with Crippen molar-refractivity contribution in [1.82, 2.24) is 0 Å². The number of Topliss-reactive ketones (excluding diaryl/α,β-unsaturated/α-hetero) is 1. The molecule has 1 atom stereocenters. The molecule has 1 unspecified atom stereocenters. The summed E-state index contributed by atoms with van der Waals surface area (Å²) in [6.45, 7) is 0.728. The van der Waals surface area contributed by atoms with E-state index in [1.165, 1.54) is 32.1 Å². The Morgan fingerprint density at radius 1 is 1.00 bits per heavy atom. The molecule has 3 rings (SSSR count). The second-order valence-corrected chi connectivity index (χ2v) is 5.77. The molecule has 0 aromatic rings. The van der Waals surface area contributed by atoms with Crippen molar-refractivity contribution in [2.75, 3.05) is 6.61 Å². The summed E-state index contributed by atoms with van der Waals surface area (Å²) in [6.07, 6.45) is 10.3. The third-order valence-electron chi connectivity index (χ3n) is 4.73. The van der Waals surface area contributed by atoms with E-state index in [9.17, 15) is 4.79 Å². The molecular formula is C13H20O2. The quantitative estimate of drug-likeness (QED) is 0.612. The predicted octanol–water partition coefficient (Wildman–Crippen LogP) is 2.85. The normalized spacial score (nSPS) is 39.3. The lowest BCUT2D eigenvalue weighted by Crippen LogP contribution is -2.36. The zero-order valence-corrected chi connectivity index (χ0v) is 9.39. The lowest BCUT2D eigenvalue weighted by molar-refractivity contribution is -0.131. The smallest absolute Gasteiger partial charge is 0.141 e. The van der Waals surface area contributed by atoms with Gasteiger partial charge in [0.1, 0.15) is 5.78 Å². The van der Waals surface area contributed by atoms with E-state index in [1.54, 1.807) is 0 Å².